The normalized spacial score (nSPS) is 10.6. The molecule has 28 heavy (non-hydrogen) atoms. The van der Waals surface area contributed by atoms with Crippen molar-refractivity contribution in [2.24, 2.45) is 0 Å². The van der Waals surface area contributed by atoms with Crippen LogP contribution >= 0.6 is 34.5 Å². The van der Waals surface area contributed by atoms with Gasteiger partial charge in [0.2, 0.25) is 5.91 Å². The third-order valence-corrected chi connectivity index (χ3v) is 5.52. The van der Waals surface area contributed by atoms with Gasteiger partial charge in [0.05, 0.1) is 27.0 Å². The average molecular weight is 435 g/mol. The zero-order chi connectivity index (χ0) is 20.3. The van der Waals surface area contributed by atoms with Crippen LogP contribution in [0.25, 0.3) is 0 Å². The van der Waals surface area contributed by atoms with Crippen molar-refractivity contribution in [3.8, 4) is 0 Å². The van der Waals surface area contributed by atoms with E-state index in [1.807, 2.05) is 31.2 Å². The fraction of sp³-hybridized carbons (Fsp3) is 0.150. The van der Waals surface area contributed by atoms with E-state index < -0.39 is 5.97 Å². The molecule has 0 radical (unpaired) electrons. The van der Waals surface area contributed by atoms with E-state index in [9.17, 15) is 9.59 Å². The second-order valence-electron chi connectivity index (χ2n) is 5.99. The highest BCUT2D eigenvalue weighted by Crippen LogP contribution is 2.30. The third kappa shape index (κ3) is 4.52. The van der Waals surface area contributed by atoms with Gasteiger partial charge in [0.1, 0.15) is 6.61 Å². The largest absolute Gasteiger partial charge is 0.456 e. The van der Waals surface area contributed by atoms with E-state index in [0.29, 0.717) is 10.8 Å². The molecule has 0 aliphatic rings. The van der Waals surface area contributed by atoms with Crippen LogP contribution in [-0.2, 0) is 16.1 Å². The van der Waals surface area contributed by atoms with E-state index in [-0.39, 0.29) is 28.1 Å². The Morgan fingerprint density at radius 1 is 1.18 bits per heavy atom. The fourth-order valence-corrected chi connectivity index (χ4v) is 3.79. The summed E-state index contributed by atoms with van der Waals surface area (Å²) in [6, 6.07) is 12.3. The molecule has 0 fully saturated rings. The molecule has 0 atom stereocenters. The molecule has 1 amide bonds. The maximum absolute atomic E-state index is 12.2. The molecule has 2 aromatic carbocycles. The van der Waals surface area contributed by atoms with E-state index in [1.54, 1.807) is 17.5 Å². The van der Waals surface area contributed by atoms with Crippen molar-refractivity contribution >= 4 is 57.2 Å². The number of thiazole rings is 1. The number of hydrogen-bond donors (Lipinski definition) is 0. The first-order chi connectivity index (χ1) is 13.4. The minimum atomic E-state index is -0.593. The number of hydrogen-bond acceptors (Lipinski definition) is 5. The Balaban J connectivity index is 1.75. The van der Waals surface area contributed by atoms with Crippen LogP contribution in [0.15, 0.2) is 47.8 Å². The van der Waals surface area contributed by atoms with Crippen molar-refractivity contribution in [1.82, 2.24) is 4.98 Å². The van der Waals surface area contributed by atoms with Gasteiger partial charge in [-0.2, -0.15) is 0 Å². The number of amides is 1. The molecular weight excluding hydrogens is 419 g/mol. The molecule has 0 saturated heterocycles. The summed E-state index contributed by atoms with van der Waals surface area (Å²) in [7, 11) is 0. The van der Waals surface area contributed by atoms with Crippen LogP contribution in [-0.4, -0.2) is 16.9 Å². The Bertz CT molecular complexity index is 1040. The van der Waals surface area contributed by atoms with Crippen LogP contribution in [0.2, 0.25) is 10.0 Å². The fourth-order valence-electron chi connectivity index (χ4n) is 2.54. The van der Waals surface area contributed by atoms with E-state index in [4.69, 9.17) is 27.9 Å². The lowest BCUT2D eigenvalue weighted by Gasteiger charge is -2.18. The van der Waals surface area contributed by atoms with Gasteiger partial charge in [-0.05, 0) is 36.8 Å². The summed E-state index contributed by atoms with van der Waals surface area (Å²) >= 11 is 13.3. The predicted molar refractivity (Wildman–Crippen MR) is 112 cm³/mol. The lowest BCUT2D eigenvalue weighted by molar-refractivity contribution is -0.115. The van der Waals surface area contributed by atoms with E-state index in [2.05, 4.69) is 4.98 Å². The standard InChI is InChI=1S/C20H16Cl2N2O3S/c1-12-5-3-6-15(9-12)24(13(2)25)20-23-14(11-28-20)10-27-19(26)16-7-4-8-17(21)18(16)22/h3-9,11H,10H2,1-2H3. The summed E-state index contributed by atoms with van der Waals surface area (Å²) < 4.78 is 5.29. The average Bonchev–Trinajstić information content (AvgIpc) is 3.10. The van der Waals surface area contributed by atoms with Crippen molar-refractivity contribution in [2.75, 3.05) is 4.90 Å². The van der Waals surface area contributed by atoms with Crippen LogP contribution in [0.5, 0.6) is 0 Å². The molecule has 144 valence electrons. The molecule has 3 aromatic rings. The highest BCUT2D eigenvalue weighted by molar-refractivity contribution is 7.14. The molecule has 0 bridgehead atoms. The molecule has 0 N–H and O–H groups in total. The maximum Gasteiger partial charge on any atom is 0.340 e. The number of benzene rings is 2. The summed E-state index contributed by atoms with van der Waals surface area (Å²) in [4.78, 5) is 30.4. The Kier molecular flexibility index (Phi) is 6.34. The Labute approximate surface area is 176 Å². The highest BCUT2D eigenvalue weighted by Gasteiger charge is 2.19. The Morgan fingerprint density at radius 3 is 2.64 bits per heavy atom. The first-order valence-corrected chi connectivity index (χ1v) is 9.93. The molecule has 0 saturated carbocycles. The molecular formula is C20H16Cl2N2O3S. The SMILES string of the molecule is CC(=O)N(c1cccc(C)c1)c1nc(COC(=O)c2cccc(Cl)c2Cl)cs1. The quantitative estimate of drug-likeness (QED) is 0.476. The maximum atomic E-state index is 12.2. The van der Waals surface area contributed by atoms with Crippen molar-refractivity contribution in [3.63, 3.8) is 0 Å². The number of rotatable bonds is 5. The monoisotopic (exact) mass is 434 g/mol. The van der Waals surface area contributed by atoms with Crippen molar-refractivity contribution < 1.29 is 14.3 Å². The van der Waals surface area contributed by atoms with Crippen LogP contribution in [0.1, 0.15) is 28.5 Å². The summed E-state index contributed by atoms with van der Waals surface area (Å²) in [6.45, 7) is 3.39. The van der Waals surface area contributed by atoms with Crippen LogP contribution in [0.4, 0.5) is 10.8 Å². The summed E-state index contributed by atoms with van der Waals surface area (Å²) in [5, 5.41) is 2.68. The first-order valence-electron chi connectivity index (χ1n) is 8.29. The van der Waals surface area contributed by atoms with Crippen molar-refractivity contribution in [2.45, 2.75) is 20.5 Å². The topological polar surface area (TPSA) is 59.5 Å². The van der Waals surface area contributed by atoms with Gasteiger partial charge >= 0.3 is 5.97 Å². The molecule has 0 spiro atoms. The molecule has 0 aliphatic carbocycles. The number of nitrogens with zero attached hydrogens (tertiary/aromatic N) is 2. The first kappa shape index (κ1) is 20.3. The van der Waals surface area contributed by atoms with E-state index >= 15 is 0 Å². The molecule has 5 nitrogen and oxygen atoms in total. The zero-order valence-corrected chi connectivity index (χ0v) is 17.4. The molecule has 1 heterocycles. The van der Waals surface area contributed by atoms with Crippen LogP contribution in [0, 0.1) is 6.92 Å². The number of carbonyl (C=O) groups excluding carboxylic acids is 2. The molecule has 3 rings (SSSR count). The van der Waals surface area contributed by atoms with Gasteiger partial charge in [0.25, 0.3) is 0 Å². The molecule has 0 unspecified atom stereocenters. The third-order valence-electron chi connectivity index (χ3n) is 3.83. The van der Waals surface area contributed by atoms with Crippen molar-refractivity contribution in [1.29, 1.82) is 0 Å². The van der Waals surface area contributed by atoms with Crippen molar-refractivity contribution in [3.05, 3.63) is 74.7 Å². The summed E-state index contributed by atoms with van der Waals surface area (Å²) in [6.07, 6.45) is 0. The molecule has 1 aromatic heterocycles. The number of anilines is 2. The van der Waals surface area contributed by atoms with Gasteiger partial charge in [-0.15, -0.1) is 11.3 Å². The van der Waals surface area contributed by atoms with Crippen LogP contribution in [0.3, 0.4) is 0 Å². The number of halogens is 2. The van der Waals surface area contributed by atoms with Gasteiger partial charge in [0, 0.05) is 12.3 Å². The summed E-state index contributed by atoms with van der Waals surface area (Å²) in [5.41, 5.74) is 2.49. The van der Waals surface area contributed by atoms with Gasteiger partial charge in [0.15, 0.2) is 5.13 Å². The molecule has 8 heteroatoms. The lowest BCUT2D eigenvalue weighted by Crippen LogP contribution is -2.22. The number of aryl methyl sites for hydroxylation is 1. The van der Waals surface area contributed by atoms with E-state index in [1.165, 1.54) is 29.2 Å². The van der Waals surface area contributed by atoms with Gasteiger partial charge in [-0.3, -0.25) is 9.69 Å². The number of ether oxygens (including phenoxy) is 1. The predicted octanol–water partition coefficient (Wildman–Crippen LogP) is 5.80. The second-order valence-corrected chi connectivity index (χ2v) is 7.61. The summed E-state index contributed by atoms with van der Waals surface area (Å²) in [5.74, 6) is -0.752. The second kappa shape index (κ2) is 8.73. The van der Waals surface area contributed by atoms with Crippen LogP contribution < -0.4 is 4.90 Å². The van der Waals surface area contributed by atoms with Gasteiger partial charge in [-0.25, -0.2) is 9.78 Å². The number of carbonyl (C=O) groups is 2. The van der Waals surface area contributed by atoms with Gasteiger partial charge in [-0.1, -0.05) is 41.4 Å². The Morgan fingerprint density at radius 2 is 1.93 bits per heavy atom. The Hall–Kier alpha value is -2.41. The zero-order valence-electron chi connectivity index (χ0n) is 15.1. The highest BCUT2D eigenvalue weighted by atomic mass is 35.5. The smallest absolute Gasteiger partial charge is 0.340 e. The van der Waals surface area contributed by atoms with Gasteiger partial charge < -0.3 is 4.74 Å². The van der Waals surface area contributed by atoms with E-state index in [0.717, 1.165) is 11.3 Å². The number of esters is 1. The minimum absolute atomic E-state index is 0.0439. The molecule has 0 aliphatic heterocycles. The minimum Gasteiger partial charge on any atom is -0.456 e. The lowest BCUT2D eigenvalue weighted by atomic mass is 10.2. The number of aromatic nitrogens is 1.